The molecule has 0 bridgehead atoms. The van der Waals surface area contributed by atoms with E-state index in [0.29, 0.717) is 36.3 Å². The van der Waals surface area contributed by atoms with Crippen LogP contribution < -0.4 is 20.7 Å². The Morgan fingerprint density at radius 1 is 1.00 bits per heavy atom. The van der Waals surface area contributed by atoms with Gasteiger partial charge in [0.15, 0.2) is 6.10 Å². The van der Waals surface area contributed by atoms with Gasteiger partial charge >= 0.3 is 0 Å². The third kappa shape index (κ3) is 6.44. The van der Waals surface area contributed by atoms with Crippen LogP contribution in [0.25, 0.3) is 0 Å². The number of benzene rings is 1. The van der Waals surface area contributed by atoms with Gasteiger partial charge in [-0.2, -0.15) is 0 Å². The number of para-hydroxylation sites is 1. The first-order valence-electron chi connectivity index (χ1n) is 9.78. The van der Waals surface area contributed by atoms with Crippen molar-refractivity contribution in [3.05, 3.63) is 66.1 Å². The summed E-state index contributed by atoms with van der Waals surface area (Å²) in [6.07, 6.45) is 1.17. The molecule has 3 N–H and O–H groups in total. The molecule has 1 atom stereocenters. The van der Waals surface area contributed by atoms with Crippen molar-refractivity contribution in [2.24, 2.45) is 0 Å². The normalized spacial score (nSPS) is 11.4. The van der Waals surface area contributed by atoms with Crippen molar-refractivity contribution >= 4 is 23.4 Å². The molecule has 0 fully saturated rings. The standard InChI is InChI=1S/C22H26N6O2/c1-15-9-10-23-19(13-15)28-21-14-20(26-17(3)27-21)24-11-12-25-22(29)16(2)30-18-7-5-4-6-8-18/h4-10,13-14,16H,11-12H2,1-3H3,(H,25,29)(H2,23,24,26,27,28). The van der Waals surface area contributed by atoms with Crippen molar-refractivity contribution in [1.29, 1.82) is 0 Å². The molecular weight excluding hydrogens is 380 g/mol. The number of aryl methyl sites for hydroxylation is 2. The van der Waals surface area contributed by atoms with Crippen LogP contribution in [-0.4, -0.2) is 40.1 Å². The second-order valence-electron chi connectivity index (χ2n) is 6.82. The summed E-state index contributed by atoms with van der Waals surface area (Å²) in [5.41, 5.74) is 1.11. The van der Waals surface area contributed by atoms with Crippen molar-refractivity contribution in [3.8, 4) is 5.75 Å². The molecule has 8 nitrogen and oxygen atoms in total. The summed E-state index contributed by atoms with van der Waals surface area (Å²) in [7, 11) is 0. The molecule has 8 heteroatoms. The zero-order valence-electron chi connectivity index (χ0n) is 17.3. The maximum Gasteiger partial charge on any atom is 0.260 e. The molecular formula is C22H26N6O2. The first-order valence-corrected chi connectivity index (χ1v) is 9.78. The van der Waals surface area contributed by atoms with E-state index in [2.05, 4.69) is 30.9 Å². The molecule has 0 aliphatic rings. The zero-order valence-corrected chi connectivity index (χ0v) is 17.3. The maximum absolute atomic E-state index is 12.2. The fourth-order valence-electron chi connectivity index (χ4n) is 2.73. The summed E-state index contributed by atoms with van der Waals surface area (Å²) >= 11 is 0. The fourth-order valence-corrected chi connectivity index (χ4v) is 2.73. The van der Waals surface area contributed by atoms with Crippen LogP contribution in [0.15, 0.2) is 54.7 Å². The number of nitrogens with zero attached hydrogens (tertiary/aromatic N) is 3. The van der Waals surface area contributed by atoms with Crippen LogP contribution in [0.4, 0.5) is 17.5 Å². The van der Waals surface area contributed by atoms with Crippen LogP contribution in [0.3, 0.4) is 0 Å². The molecule has 1 aromatic carbocycles. The van der Waals surface area contributed by atoms with Gasteiger partial charge < -0.3 is 20.7 Å². The topological polar surface area (TPSA) is 101 Å². The lowest BCUT2D eigenvalue weighted by molar-refractivity contribution is -0.127. The van der Waals surface area contributed by atoms with Crippen LogP contribution in [0, 0.1) is 13.8 Å². The third-order valence-electron chi connectivity index (χ3n) is 4.17. The van der Waals surface area contributed by atoms with Crippen LogP contribution in [0.5, 0.6) is 5.75 Å². The smallest absolute Gasteiger partial charge is 0.260 e. The maximum atomic E-state index is 12.2. The Morgan fingerprint density at radius 3 is 2.53 bits per heavy atom. The van der Waals surface area contributed by atoms with E-state index in [1.54, 1.807) is 19.2 Å². The Bertz CT molecular complexity index is 980. The van der Waals surface area contributed by atoms with Gasteiger partial charge in [-0.15, -0.1) is 0 Å². The Kier molecular flexibility index (Phi) is 7.15. The van der Waals surface area contributed by atoms with Crippen LogP contribution in [0.1, 0.15) is 18.3 Å². The molecule has 1 unspecified atom stereocenters. The molecule has 0 aliphatic carbocycles. The molecule has 2 heterocycles. The molecule has 0 radical (unpaired) electrons. The van der Waals surface area contributed by atoms with E-state index < -0.39 is 6.10 Å². The van der Waals surface area contributed by atoms with E-state index in [1.165, 1.54) is 0 Å². The largest absolute Gasteiger partial charge is 0.481 e. The number of rotatable bonds is 9. The van der Waals surface area contributed by atoms with Crippen LogP contribution >= 0.6 is 0 Å². The van der Waals surface area contributed by atoms with E-state index in [1.807, 2.05) is 56.3 Å². The number of carbonyl (C=O) groups excluding carboxylic acids is 1. The molecule has 156 valence electrons. The molecule has 30 heavy (non-hydrogen) atoms. The van der Waals surface area contributed by atoms with Crippen molar-refractivity contribution in [2.45, 2.75) is 26.9 Å². The average molecular weight is 406 g/mol. The van der Waals surface area contributed by atoms with E-state index in [-0.39, 0.29) is 5.91 Å². The number of aromatic nitrogens is 3. The Labute approximate surface area is 176 Å². The Morgan fingerprint density at radius 2 is 1.77 bits per heavy atom. The molecule has 3 rings (SSSR count). The molecule has 3 aromatic rings. The molecule has 0 spiro atoms. The third-order valence-corrected chi connectivity index (χ3v) is 4.17. The Balaban J connectivity index is 1.47. The summed E-state index contributed by atoms with van der Waals surface area (Å²) < 4.78 is 5.62. The van der Waals surface area contributed by atoms with Gasteiger partial charge in [0.25, 0.3) is 5.91 Å². The zero-order chi connectivity index (χ0) is 21.3. The number of pyridine rings is 1. The second-order valence-corrected chi connectivity index (χ2v) is 6.82. The van der Waals surface area contributed by atoms with Crippen molar-refractivity contribution in [2.75, 3.05) is 23.7 Å². The minimum atomic E-state index is -0.577. The van der Waals surface area contributed by atoms with Crippen molar-refractivity contribution in [3.63, 3.8) is 0 Å². The number of hydrogen-bond acceptors (Lipinski definition) is 7. The number of nitrogens with one attached hydrogen (secondary N) is 3. The highest BCUT2D eigenvalue weighted by atomic mass is 16.5. The van der Waals surface area contributed by atoms with E-state index in [0.717, 1.165) is 11.4 Å². The molecule has 0 aliphatic heterocycles. The fraction of sp³-hybridized carbons (Fsp3) is 0.273. The van der Waals surface area contributed by atoms with Crippen LogP contribution in [-0.2, 0) is 4.79 Å². The lowest BCUT2D eigenvalue weighted by Gasteiger charge is -2.15. The van der Waals surface area contributed by atoms with Gasteiger partial charge in [0.1, 0.15) is 29.0 Å². The molecule has 0 saturated heterocycles. The first-order chi connectivity index (χ1) is 14.5. The highest BCUT2D eigenvalue weighted by molar-refractivity contribution is 5.80. The number of carbonyl (C=O) groups is 1. The van der Waals surface area contributed by atoms with Gasteiger partial charge in [0, 0.05) is 25.4 Å². The van der Waals surface area contributed by atoms with Crippen LogP contribution in [0.2, 0.25) is 0 Å². The predicted molar refractivity (Wildman–Crippen MR) is 117 cm³/mol. The monoisotopic (exact) mass is 406 g/mol. The number of hydrogen-bond donors (Lipinski definition) is 3. The number of anilines is 3. The Hall–Kier alpha value is -3.68. The van der Waals surface area contributed by atoms with Crippen molar-refractivity contribution in [1.82, 2.24) is 20.3 Å². The summed E-state index contributed by atoms with van der Waals surface area (Å²) in [6.45, 7) is 6.51. The summed E-state index contributed by atoms with van der Waals surface area (Å²) in [5, 5.41) is 9.24. The predicted octanol–water partition coefficient (Wildman–Crippen LogP) is 3.23. The van der Waals surface area contributed by atoms with Crippen molar-refractivity contribution < 1.29 is 9.53 Å². The highest BCUT2D eigenvalue weighted by Crippen LogP contribution is 2.16. The lowest BCUT2D eigenvalue weighted by Crippen LogP contribution is -2.38. The van der Waals surface area contributed by atoms with E-state index >= 15 is 0 Å². The first kappa shape index (κ1) is 21.0. The second kappa shape index (κ2) is 10.2. The van der Waals surface area contributed by atoms with Gasteiger partial charge in [-0.05, 0) is 50.6 Å². The van der Waals surface area contributed by atoms with Gasteiger partial charge in [0.2, 0.25) is 0 Å². The summed E-state index contributed by atoms with van der Waals surface area (Å²) in [5.74, 6) is 3.16. The summed E-state index contributed by atoms with van der Waals surface area (Å²) in [6, 6.07) is 15.0. The van der Waals surface area contributed by atoms with E-state index in [4.69, 9.17) is 4.74 Å². The van der Waals surface area contributed by atoms with Gasteiger partial charge in [-0.25, -0.2) is 15.0 Å². The minimum absolute atomic E-state index is 0.174. The SMILES string of the molecule is Cc1ccnc(Nc2cc(NCCNC(=O)C(C)Oc3ccccc3)nc(C)n2)c1. The summed E-state index contributed by atoms with van der Waals surface area (Å²) in [4.78, 5) is 25.2. The quantitative estimate of drug-likeness (QED) is 0.469. The number of amides is 1. The molecule has 0 saturated carbocycles. The minimum Gasteiger partial charge on any atom is -0.481 e. The van der Waals surface area contributed by atoms with Gasteiger partial charge in [0.05, 0.1) is 0 Å². The number of ether oxygens (including phenoxy) is 1. The lowest BCUT2D eigenvalue weighted by atomic mass is 10.3. The molecule has 2 aromatic heterocycles. The van der Waals surface area contributed by atoms with Gasteiger partial charge in [-0.1, -0.05) is 18.2 Å². The molecule has 1 amide bonds. The van der Waals surface area contributed by atoms with E-state index in [9.17, 15) is 4.79 Å². The highest BCUT2D eigenvalue weighted by Gasteiger charge is 2.13. The van der Waals surface area contributed by atoms with Gasteiger partial charge in [-0.3, -0.25) is 4.79 Å². The average Bonchev–Trinajstić information content (AvgIpc) is 2.71.